The molecule has 0 spiro atoms. The van der Waals surface area contributed by atoms with Gasteiger partial charge in [0.15, 0.2) is 23.0 Å². The summed E-state index contributed by atoms with van der Waals surface area (Å²) < 4.78 is 37.8. The molecule has 4 rings (SSSR count). The summed E-state index contributed by atoms with van der Waals surface area (Å²) in [6, 6.07) is 20.7. The second-order valence-electron chi connectivity index (χ2n) is 10.3. The van der Waals surface area contributed by atoms with Gasteiger partial charge in [-0.3, -0.25) is 4.79 Å². The first kappa shape index (κ1) is 35.0. The third-order valence-electron chi connectivity index (χ3n) is 7.44. The summed E-state index contributed by atoms with van der Waals surface area (Å²) in [6.07, 6.45) is 1.73. The number of hydrogen-bond donors (Lipinski definition) is 0. The maximum atomic E-state index is 13.8. The number of esters is 1. The Bertz CT molecular complexity index is 1790. The number of anilines is 1. The highest BCUT2D eigenvalue weighted by atomic mass is 16.5. The van der Waals surface area contributed by atoms with Crippen LogP contribution in [0.3, 0.4) is 0 Å². The van der Waals surface area contributed by atoms with Gasteiger partial charge in [0.25, 0.3) is 5.91 Å². The van der Waals surface area contributed by atoms with Crippen LogP contribution in [0.2, 0.25) is 0 Å². The van der Waals surface area contributed by atoms with Crippen LogP contribution in [-0.2, 0) is 0 Å². The van der Waals surface area contributed by atoms with E-state index in [2.05, 4.69) is 18.8 Å². The smallest absolute Gasteiger partial charge is 0.347 e. The summed E-state index contributed by atoms with van der Waals surface area (Å²) in [4.78, 5) is 28.5. The monoisotopic (exact) mass is 653 g/mol. The molecule has 0 fully saturated rings. The molecule has 48 heavy (non-hydrogen) atoms. The average molecular weight is 654 g/mol. The van der Waals surface area contributed by atoms with Gasteiger partial charge in [-0.15, -0.1) is 0 Å². The van der Waals surface area contributed by atoms with Crippen LogP contribution in [0.5, 0.6) is 40.2 Å². The number of carbonyl (C=O) groups excluding carboxylic acids is 2. The zero-order valence-corrected chi connectivity index (χ0v) is 28.2. The van der Waals surface area contributed by atoms with Crippen LogP contribution in [-0.4, -0.2) is 61.1 Å². The van der Waals surface area contributed by atoms with Gasteiger partial charge in [0.2, 0.25) is 0 Å². The van der Waals surface area contributed by atoms with Crippen molar-refractivity contribution >= 4 is 17.6 Å². The van der Waals surface area contributed by atoms with Gasteiger partial charge in [-0.1, -0.05) is 25.2 Å². The highest BCUT2D eigenvalue weighted by Gasteiger charge is 2.24. The van der Waals surface area contributed by atoms with Gasteiger partial charge in [-0.2, -0.15) is 0 Å². The van der Waals surface area contributed by atoms with E-state index in [-0.39, 0.29) is 11.5 Å². The molecule has 0 atom stereocenters. The van der Waals surface area contributed by atoms with Crippen molar-refractivity contribution in [3.05, 3.63) is 95.1 Å². The number of rotatable bonds is 13. The van der Waals surface area contributed by atoms with Crippen LogP contribution >= 0.6 is 0 Å². The zero-order chi connectivity index (χ0) is 34.6. The van der Waals surface area contributed by atoms with E-state index in [1.54, 1.807) is 47.4 Å². The normalized spacial score (nSPS) is 10.2. The van der Waals surface area contributed by atoms with Gasteiger partial charge < -0.3 is 38.1 Å². The summed E-state index contributed by atoms with van der Waals surface area (Å²) in [5.41, 5.74) is 2.78. The second kappa shape index (κ2) is 16.7. The molecule has 0 heterocycles. The molecule has 0 unspecified atom stereocenters. The van der Waals surface area contributed by atoms with E-state index in [1.807, 2.05) is 24.3 Å². The molecule has 0 N–H and O–H groups in total. The minimum absolute atomic E-state index is 0.195. The Kier molecular flexibility index (Phi) is 12.2. The molecule has 0 aromatic heterocycles. The maximum Gasteiger partial charge on any atom is 0.347 e. The van der Waals surface area contributed by atoms with E-state index in [1.165, 1.54) is 48.7 Å². The Balaban J connectivity index is 1.50. The van der Waals surface area contributed by atoms with Gasteiger partial charge in [-0.25, -0.2) is 4.79 Å². The molecule has 4 aromatic carbocycles. The molecule has 0 aliphatic rings. The summed E-state index contributed by atoms with van der Waals surface area (Å²) >= 11 is 0. The van der Waals surface area contributed by atoms with Crippen molar-refractivity contribution in [3.63, 3.8) is 0 Å². The van der Waals surface area contributed by atoms with E-state index in [0.717, 1.165) is 29.7 Å². The van der Waals surface area contributed by atoms with E-state index in [9.17, 15) is 9.59 Å². The van der Waals surface area contributed by atoms with Crippen LogP contribution in [0.25, 0.3) is 0 Å². The molecule has 0 saturated carbocycles. The lowest BCUT2D eigenvalue weighted by Crippen LogP contribution is -2.32. The molecule has 0 aliphatic carbocycles. The van der Waals surface area contributed by atoms with Gasteiger partial charge in [0.05, 0.1) is 48.2 Å². The first-order valence-electron chi connectivity index (χ1n) is 15.2. The molecule has 0 radical (unpaired) electrons. The first-order valence-corrected chi connectivity index (χ1v) is 15.2. The van der Waals surface area contributed by atoms with E-state index < -0.39 is 5.97 Å². The fraction of sp³-hybridized carbons (Fsp3) is 0.263. The quantitative estimate of drug-likeness (QED) is 0.0876. The SMILES string of the molecule is CCCCN(C(=O)c1cc(OC)c(OC)cc1OC)c1ccc(C#Cc2ccc(OC(=O)c3cc(OC)c(OC)cc3OC)cc2)cc1. The highest BCUT2D eigenvalue weighted by Crippen LogP contribution is 2.37. The predicted molar refractivity (Wildman–Crippen MR) is 183 cm³/mol. The Morgan fingerprint density at radius 2 is 1.02 bits per heavy atom. The van der Waals surface area contributed by atoms with Crippen molar-refractivity contribution in [2.45, 2.75) is 19.8 Å². The van der Waals surface area contributed by atoms with Crippen molar-refractivity contribution < 1.29 is 42.7 Å². The molecule has 250 valence electrons. The second-order valence-corrected chi connectivity index (χ2v) is 10.3. The average Bonchev–Trinajstić information content (AvgIpc) is 3.13. The van der Waals surface area contributed by atoms with E-state index in [4.69, 9.17) is 33.2 Å². The van der Waals surface area contributed by atoms with E-state index >= 15 is 0 Å². The molecule has 0 aliphatic heterocycles. The van der Waals surface area contributed by atoms with Crippen molar-refractivity contribution in [2.24, 2.45) is 0 Å². The maximum absolute atomic E-state index is 13.8. The topological polar surface area (TPSA) is 102 Å². The first-order chi connectivity index (χ1) is 23.3. The molecule has 0 saturated heterocycles. The fourth-order valence-electron chi connectivity index (χ4n) is 4.83. The van der Waals surface area contributed by atoms with Crippen LogP contribution < -0.4 is 38.1 Å². The number of amides is 1. The minimum Gasteiger partial charge on any atom is -0.496 e. The third kappa shape index (κ3) is 8.12. The van der Waals surface area contributed by atoms with Crippen LogP contribution in [0.1, 0.15) is 51.6 Å². The molecule has 0 bridgehead atoms. The van der Waals surface area contributed by atoms with Gasteiger partial charge in [-0.05, 0) is 55.0 Å². The van der Waals surface area contributed by atoms with E-state index in [0.29, 0.717) is 52.4 Å². The lowest BCUT2D eigenvalue weighted by molar-refractivity contribution is 0.0730. The fourth-order valence-corrected chi connectivity index (χ4v) is 4.83. The number of ether oxygens (including phenoxy) is 7. The third-order valence-corrected chi connectivity index (χ3v) is 7.44. The lowest BCUT2D eigenvalue weighted by atomic mass is 10.1. The van der Waals surface area contributed by atoms with Crippen LogP contribution in [0.15, 0.2) is 72.8 Å². The molecular weight excluding hydrogens is 614 g/mol. The molecular formula is C38H39NO9. The van der Waals surface area contributed by atoms with Crippen LogP contribution in [0, 0.1) is 11.8 Å². The lowest BCUT2D eigenvalue weighted by Gasteiger charge is -2.24. The number of benzene rings is 4. The van der Waals surface area contributed by atoms with Crippen LogP contribution in [0.4, 0.5) is 5.69 Å². The Hall–Kier alpha value is -5.82. The number of unbranched alkanes of at least 4 members (excludes halogenated alkanes) is 1. The van der Waals surface area contributed by atoms with Crippen molar-refractivity contribution in [3.8, 4) is 52.1 Å². The molecule has 10 heteroatoms. The summed E-state index contributed by atoms with van der Waals surface area (Å²) in [6.45, 7) is 2.60. The summed E-state index contributed by atoms with van der Waals surface area (Å²) in [5, 5.41) is 0. The minimum atomic E-state index is -0.609. The zero-order valence-electron chi connectivity index (χ0n) is 28.2. The predicted octanol–water partition coefficient (Wildman–Crippen LogP) is 6.80. The van der Waals surface area contributed by atoms with Gasteiger partial charge >= 0.3 is 5.97 Å². The largest absolute Gasteiger partial charge is 0.496 e. The number of methoxy groups -OCH3 is 6. The number of nitrogens with zero attached hydrogens (tertiary/aromatic N) is 1. The Morgan fingerprint density at radius 3 is 1.50 bits per heavy atom. The number of carbonyl (C=O) groups is 2. The summed E-state index contributed by atoms with van der Waals surface area (Å²) in [7, 11) is 9.01. The van der Waals surface area contributed by atoms with Crippen molar-refractivity contribution in [1.29, 1.82) is 0 Å². The molecule has 4 aromatic rings. The van der Waals surface area contributed by atoms with Gasteiger partial charge in [0, 0.05) is 47.6 Å². The Labute approximate surface area is 281 Å². The van der Waals surface area contributed by atoms with Crippen molar-refractivity contribution in [2.75, 3.05) is 54.1 Å². The Morgan fingerprint density at radius 1 is 0.583 bits per heavy atom. The molecule has 1 amide bonds. The summed E-state index contributed by atoms with van der Waals surface area (Å²) in [5.74, 6) is 8.20. The van der Waals surface area contributed by atoms with Crippen molar-refractivity contribution in [1.82, 2.24) is 0 Å². The molecule has 10 nitrogen and oxygen atoms in total. The standard InChI is InChI=1S/C38H39NO9/c1-8-9-20-39(37(40)29-21-33(44-4)35(46-6)23-31(29)42-2)27-16-12-25(13-17-27)10-11-26-14-18-28(19-15-26)48-38(41)30-22-34(45-5)36(47-7)24-32(30)43-3/h12-19,21-24H,8-9,20H2,1-7H3. The van der Waals surface area contributed by atoms with Gasteiger partial charge in [0.1, 0.15) is 22.8 Å². The highest BCUT2D eigenvalue weighted by molar-refractivity contribution is 6.08. The number of hydrogen-bond acceptors (Lipinski definition) is 9.